The fourth-order valence-corrected chi connectivity index (χ4v) is 1.07. The number of rotatable bonds is 0. The van der Waals surface area contributed by atoms with Gasteiger partial charge in [-0.1, -0.05) is 6.07 Å². The minimum absolute atomic E-state index is 0.259. The molecule has 1 aliphatic heterocycles. The van der Waals surface area contributed by atoms with Crippen molar-refractivity contribution in [2.45, 2.75) is 6.50 Å². The number of pyridine rings is 1. The molecule has 0 aromatic carbocycles. The third-order valence-electron chi connectivity index (χ3n) is 1.67. The summed E-state index contributed by atoms with van der Waals surface area (Å²) in [7, 11) is 0. The third kappa shape index (κ3) is 1.38. The van der Waals surface area contributed by atoms with Crippen molar-refractivity contribution in [1.29, 1.82) is 0 Å². The molecule has 0 saturated heterocycles. The maximum atomic E-state index is 10.8. The summed E-state index contributed by atoms with van der Waals surface area (Å²) in [5.41, 5.74) is 0.718. The average Bonchev–Trinajstić information content (AvgIpc) is 2.17. The number of fused-ring (bicyclic) bond motifs is 1. The molecule has 13 heavy (non-hydrogen) atoms. The fourth-order valence-electron chi connectivity index (χ4n) is 1.07. The molecule has 2 rings (SSSR count). The quantitative estimate of drug-likeness (QED) is 0.655. The molecule has 4 nitrogen and oxygen atoms in total. The first-order valence-electron chi connectivity index (χ1n) is 4.69. The molecule has 0 fully saturated rings. The second-order valence-electron chi connectivity index (χ2n) is 2.52. The number of nitrogens with zero attached hydrogens (tertiary/aromatic N) is 2. The molecule has 0 spiro atoms. The van der Waals surface area contributed by atoms with Crippen LogP contribution in [0.3, 0.4) is 0 Å². The molecule has 1 amide bonds. The highest BCUT2D eigenvalue weighted by Gasteiger charge is 2.15. The zero-order valence-electron chi connectivity index (χ0n) is 8.64. The zero-order chi connectivity index (χ0) is 11.1. The van der Waals surface area contributed by atoms with Crippen molar-refractivity contribution in [1.82, 2.24) is 9.88 Å². The Balaban J connectivity index is 2.57. The molecule has 1 aromatic heterocycles. The van der Waals surface area contributed by atoms with Crippen molar-refractivity contribution in [2.24, 2.45) is 0 Å². The van der Waals surface area contributed by atoms with E-state index in [9.17, 15) is 4.79 Å². The second-order valence-corrected chi connectivity index (χ2v) is 2.52. The Kier molecular flexibility index (Phi) is 1.28. The summed E-state index contributed by atoms with van der Waals surface area (Å²) >= 11 is 0. The van der Waals surface area contributed by atoms with Crippen LogP contribution in [-0.2, 0) is 6.50 Å². The number of hydrogen-bond acceptors (Lipinski definition) is 2. The monoisotopic (exact) mass is 178 g/mol. The van der Waals surface area contributed by atoms with E-state index in [2.05, 4.69) is 4.98 Å². The highest BCUT2D eigenvalue weighted by Crippen LogP contribution is 2.16. The van der Waals surface area contributed by atoms with Crippen LogP contribution in [0, 0.1) is 0 Å². The van der Waals surface area contributed by atoms with E-state index < -0.39 is 12.6 Å². The standard InChI is InChI=1S/C9H8N2O2/c12-9(13)11-5-3-8-7(6-11)2-1-4-10-8/h1-5H,6H2,(H,12,13)/i6D2. The van der Waals surface area contributed by atoms with E-state index in [0.717, 1.165) is 0 Å². The Morgan fingerprint density at radius 2 is 2.62 bits per heavy atom. The lowest BCUT2D eigenvalue weighted by molar-refractivity contribution is 0.160. The first-order chi connectivity index (χ1) is 7.03. The predicted molar refractivity (Wildman–Crippen MR) is 46.8 cm³/mol. The molecular formula is C9H8N2O2. The molecule has 0 bridgehead atoms. The van der Waals surface area contributed by atoms with Crippen LogP contribution in [0.4, 0.5) is 4.79 Å². The van der Waals surface area contributed by atoms with Gasteiger partial charge in [0, 0.05) is 12.4 Å². The molecule has 4 heteroatoms. The Morgan fingerprint density at radius 1 is 1.77 bits per heavy atom. The van der Waals surface area contributed by atoms with Crippen molar-refractivity contribution >= 4 is 12.2 Å². The molecule has 1 N–H and O–H groups in total. The van der Waals surface area contributed by atoms with E-state index >= 15 is 0 Å². The molecular weight excluding hydrogens is 168 g/mol. The minimum Gasteiger partial charge on any atom is -0.465 e. The van der Waals surface area contributed by atoms with Crippen molar-refractivity contribution in [2.75, 3.05) is 0 Å². The van der Waals surface area contributed by atoms with Crippen LogP contribution in [0.5, 0.6) is 0 Å². The molecule has 1 aliphatic rings. The summed E-state index contributed by atoms with van der Waals surface area (Å²) in [5.74, 6) is 0. The highest BCUT2D eigenvalue weighted by molar-refractivity contribution is 5.69. The van der Waals surface area contributed by atoms with Gasteiger partial charge in [-0.3, -0.25) is 9.88 Å². The van der Waals surface area contributed by atoms with Crippen molar-refractivity contribution in [3.8, 4) is 0 Å². The third-order valence-corrected chi connectivity index (χ3v) is 1.67. The molecule has 0 unspecified atom stereocenters. The number of hydrogen-bond donors (Lipinski definition) is 1. The van der Waals surface area contributed by atoms with Gasteiger partial charge in [-0.15, -0.1) is 0 Å². The number of aromatic nitrogens is 1. The topological polar surface area (TPSA) is 53.4 Å². The van der Waals surface area contributed by atoms with E-state index in [1.54, 1.807) is 6.07 Å². The Morgan fingerprint density at radius 3 is 3.38 bits per heavy atom. The van der Waals surface area contributed by atoms with Crippen LogP contribution in [0.25, 0.3) is 6.08 Å². The van der Waals surface area contributed by atoms with Gasteiger partial charge in [0.05, 0.1) is 14.9 Å². The summed E-state index contributed by atoms with van der Waals surface area (Å²) < 4.78 is 15.4. The van der Waals surface area contributed by atoms with E-state index in [-0.39, 0.29) is 5.56 Å². The lowest BCUT2D eigenvalue weighted by atomic mass is 10.1. The second kappa shape index (κ2) is 2.90. The van der Waals surface area contributed by atoms with Crippen LogP contribution in [-0.4, -0.2) is 21.1 Å². The normalized spacial score (nSPS) is 20.2. The van der Waals surface area contributed by atoms with E-state index in [1.807, 2.05) is 0 Å². The van der Waals surface area contributed by atoms with Gasteiger partial charge in [-0.2, -0.15) is 0 Å². The molecule has 0 saturated carbocycles. The molecule has 0 atom stereocenters. The maximum Gasteiger partial charge on any atom is 0.411 e. The fraction of sp³-hybridized carbons (Fsp3) is 0.111. The van der Waals surface area contributed by atoms with Gasteiger partial charge in [-0.05, 0) is 17.7 Å². The summed E-state index contributed by atoms with van der Waals surface area (Å²) in [6.45, 7) is -2.07. The van der Waals surface area contributed by atoms with Crippen molar-refractivity contribution < 1.29 is 12.6 Å². The average molecular weight is 178 g/mol. The predicted octanol–water partition coefficient (Wildman–Crippen LogP) is 1.55. The van der Waals surface area contributed by atoms with Gasteiger partial charge in [0.1, 0.15) is 0 Å². The Labute approximate surface area is 77.9 Å². The Hall–Kier alpha value is -1.84. The first-order valence-corrected chi connectivity index (χ1v) is 3.69. The maximum absolute atomic E-state index is 10.8. The summed E-state index contributed by atoms with van der Waals surface area (Å²) in [6, 6.07) is 3.11. The van der Waals surface area contributed by atoms with Crippen molar-refractivity contribution in [3.05, 3.63) is 35.8 Å². The van der Waals surface area contributed by atoms with E-state index in [4.69, 9.17) is 7.85 Å². The van der Waals surface area contributed by atoms with Crippen LogP contribution in [0.1, 0.15) is 14.0 Å². The number of carbonyl (C=O) groups is 1. The van der Waals surface area contributed by atoms with Crippen LogP contribution in [0.2, 0.25) is 0 Å². The van der Waals surface area contributed by atoms with Gasteiger partial charge < -0.3 is 5.11 Å². The van der Waals surface area contributed by atoms with Crippen LogP contribution < -0.4 is 0 Å². The van der Waals surface area contributed by atoms with Gasteiger partial charge in [0.15, 0.2) is 0 Å². The number of carboxylic acid groups (broad SMARTS) is 1. The van der Waals surface area contributed by atoms with Gasteiger partial charge in [-0.25, -0.2) is 4.79 Å². The van der Waals surface area contributed by atoms with Crippen LogP contribution in [0.15, 0.2) is 24.5 Å². The molecule has 2 heterocycles. The number of amides is 1. The van der Waals surface area contributed by atoms with Crippen molar-refractivity contribution in [3.63, 3.8) is 0 Å². The Bertz CT molecular complexity index is 445. The summed E-state index contributed by atoms with van der Waals surface area (Å²) in [5, 5.41) is 8.81. The van der Waals surface area contributed by atoms with Gasteiger partial charge in [0.25, 0.3) is 0 Å². The molecule has 0 radical (unpaired) electrons. The molecule has 1 aromatic rings. The summed E-state index contributed by atoms with van der Waals surface area (Å²) in [6.07, 6.45) is 2.86. The minimum atomic E-state index is -2.07. The van der Waals surface area contributed by atoms with E-state index in [1.165, 1.54) is 24.5 Å². The first kappa shape index (κ1) is 5.75. The molecule has 66 valence electrons. The lowest BCUT2D eigenvalue weighted by Gasteiger charge is -2.19. The van der Waals surface area contributed by atoms with Gasteiger partial charge in [0.2, 0.25) is 0 Å². The SMILES string of the molecule is [2H]C1([2H])c2cccnc2C=CN1C(=O)O. The van der Waals surface area contributed by atoms with Gasteiger partial charge >= 0.3 is 6.09 Å². The largest absolute Gasteiger partial charge is 0.465 e. The summed E-state index contributed by atoms with van der Waals surface area (Å²) in [4.78, 5) is 15.4. The highest BCUT2D eigenvalue weighted by atomic mass is 16.4. The van der Waals surface area contributed by atoms with E-state index in [0.29, 0.717) is 10.6 Å². The smallest absolute Gasteiger partial charge is 0.411 e. The molecule has 0 aliphatic carbocycles. The van der Waals surface area contributed by atoms with Crippen LogP contribution >= 0.6 is 0 Å². The lowest BCUT2D eigenvalue weighted by Crippen LogP contribution is -2.25. The zero-order valence-corrected chi connectivity index (χ0v) is 6.64.